The summed E-state index contributed by atoms with van der Waals surface area (Å²) in [5.41, 5.74) is 0. The Bertz CT molecular complexity index is 565. The van der Waals surface area contributed by atoms with Gasteiger partial charge in [0.25, 0.3) is 0 Å². The molecule has 1 aromatic carbocycles. The van der Waals surface area contributed by atoms with Gasteiger partial charge in [-0.15, -0.1) is 24.0 Å². The van der Waals surface area contributed by atoms with Crippen LogP contribution in [0.4, 0.5) is 13.2 Å². The Morgan fingerprint density at radius 3 is 2.50 bits per heavy atom. The predicted molar refractivity (Wildman–Crippen MR) is 115 cm³/mol. The van der Waals surface area contributed by atoms with E-state index >= 15 is 0 Å². The maximum Gasteiger partial charge on any atom is 0.411 e. The molecule has 0 radical (unpaired) electrons. The van der Waals surface area contributed by atoms with Crippen molar-refractivity contribution in [1.29, 1.82) is 0 Å². The Kier molecular flexibility index (Phi) is 11.6. The molecule has 1 N–H and O–H groups in total. The number of rotatable bonds is 8. The molecule has 0 atom stereocenters. The van der Waals surface area contributed by atoms with Gasteiger partial charge in [0, 0.05) is 45.6 Å². The Hall–Kier alpha value is -1.23. The second-order valence-corrected chi connectivity index (χ2v) is 6.37. The zero-order chi connectivity index (χ0) is 19.5. The van der Waals surface area contributed by atoms with Crippen LogP contribution in [-0.2, 0) is 4.74 Å². The molecule has 0 aromatic heterocycles. The summed E-state index contributed by atoms with van der Waals surface area (Å²) in [6, 6.07) is 9.79. The molecule has 0 amide bonds. The molecular weight excluding hydrogens is 486 g/mol. The molecule has 0 aliphatic carbocycles. The maximum atomic E-state index is 12.0. The van der Waals surface area contributed by atoms with Crippen molar-refractivity contribution in [3.05, 3.63) is 30.3 Å². The molecule has 0 bridgehead atoms. The number of ether oxygens (including phenoxy) is 2. The van der Waals surface area contributed by atoms with E-state index in [1.165, 1.54) is 0 Å². The molecule has 1 aromatic rings. The highest BCUT2D eigenvalue weighted by Crippen LogP contribution is 2.19. The molecule has 1 aliphatic heterocycles. The van der Waals surface area contributed by atoms with E-state index in [4.69, 9.17) is 4.74 Å². The normalized spacial score (nSPS) is 15.9. The smallest absolute Gasteiger partial charge is 0.411 e. The number of hydrogen-bond donors (Lipinski definition) is 1. The molecule has 28 heavy (non-hydrogen) atoms. The van der Waals surface area contributed by atoms with Crippen LogP contribution in [0.1, 0.15) is 26.2 Å². The van der Waals surface area contributed by atoms with Crippen LogP contribution in [-0.4, -0.2) is 62.5 Å². The topological polar surface area (TPSA) is 46.1 Å². The fraction of sp³-hybridized carbons (Fsp3) is 0.632. The van der Waals surface area contributed by atoms with Crippen LogP contribution in [0, 0.1) is 0 Å². The standard InChI is InChI=1S/C19H28F3N3O2.HI/c1-2-23-18(24-11-6-14-26-15-19(20,21)22)25-12-9-17(10-13-25)27-16-7-4-3-5-8-16;/h3-5,7-8,17H,2,6,9-15H2,1H3,(H,23,24);1H. The first-order valence-electron chi connectivity index (χ1n) is 9.37. The molecule has 1 aliphatic rings. The first-order chi connectivity index (χ1) is 13.0. The lowest BCUT2D eigenvalue weighted by atomic mass is 10.1. The average molecular weight is 515 g/mol. The molecule has 1 saturated heterocycles. The zero-order valence-electron chi connectivity index (χ0n) is 16.1. The number of hydrogen-bond acceptors (Lipinski definition) is 3. The van der Waals surface area contributed by atoms with E-state index in [0.717, 1.165) is 44.2 Å². The maximum absolute atomic E-state index is 12.0. The summed E-state index contributed by atoms with van der Waals surface area (Å²) in [5, 5.41) is 3.25. The highest BCUT2D eigenvalue weighted by molar-refractivity contribution is 14.0. The van der Waals surface area contributed by atoms with Crippen LogP contribution in [0.25, 0.3) is 0 Å². The number of alkyl halides is 3. The van der Waals surface area contributed by atoms with Gasteiger partial charge in [-0.1, -0.05) is 18.2 Å². The summed E-state index contributed by atoms with van der Waals surface area (Å²) < 4.78 is 46.7. The molecule has 9 heteroatoms. The summed E-state index contributed by atoms with van der Waals surface area (Å²) >= 11 is 0. The van der Waals surface area contributed by atoms with E-state index in [2.05, 4.69) is 19.9 Å². The first kappa shape index (κ1) is 24.8. The summed E-state index contributed by atoms with van der Waals surface area (Å²) in [4.78, 5) is 6.68. The van der Waals surface area contributed by atoms with Crippen LogP contribution >= 0.6 is 24.0 Å². The molecule has 5 nitrogen and oxygen atoms in total. The third-order valence-electron chi connectivity index (χ3n) is 4.10. The molecule has 0 unspecified atom stereocenters. The van der Waals surface area contributed by atoms with Crippen LogP contribution in [0.3, 0.4) is 0 Å². The van der Waals surface area contributed by atoms with Gasteiger partial charge in [-0.05, 0) is 25.5 Å². The van der Waals surface area contributed by atoms with Gasteiger partial charge in [0.05, 0.1) is 0 Å². The van der Waals surface area contributed by atoms with Gasteiger partial charge in [-0.2, -0.15) is 13.2 Å². The number of nitrogens with zero attached hydrogens (tertiary/aromatic N) is 2. The predicted octanol–water partition coefficient (Wildman–Crippen LogP) is 4.08. The number of benzene rings is 1. The Labute approximate surface area is 181 Å². The lowest BCUT2D eigenvalue weighted by molar-refractivity contribution is -0.173. The molecule has 1 fully saturated rings. The van der Waals surface area contributed by atoms with Crippen molar-refractivity contribution in [2.45, 2.75) is 38.5 Å². The lowest BCUT2D eigenvalue weighted by Crippen LogP contribution is -2.47. The number of guanidine groups is 1. The number of piperidine rings is 1. The molecule has 160 valence electrons. The number of likely N-dealkylation sites (tertiary alicyclic amines) is 1. The number of aliphatic imine (C=N–C) groups is 1. The van der Waals surface area contributed by atoms with E-state index in [1.54, 1.807) is 0 Å². The van der Waals surface area contributed by atoms with Crippen molar-refractivity contribution in [1.82, 2.24) is 10.2 Å². The van der Waals surface area contributed by atoms with Crippen LogP contribution < -0.4 is 10.1 Å². The minimum Gasteiger partial charge on any atom is -0.490 e. The van der Waals surface area contributed by atoms with E-state index in [0.29, 0.717) is 13.0 Å². The summed E-state index contributed by atoms with van der Waals surface area (Å²) in [6.45, 7) is 3.67. The third kappa shape index (κ3) is 9.81. The molecule has 2 rings (SSSR count). The highest BCUT2D eigenvalue weighted by atomic mass is 127. The van der Waals surface area contributed by atoms with E-state index in [1.807, 2.05) is 37.3 Å². The van der Waals surface area contributed by atoms with Gasteiger partial charge >= 0.3 is 6.18 Å². The van der Waals surface area contributed by atoms with Crippen molar-refractivity contribution in [3.8, 4) is 5.75 Å². The quantitative estimate of drug-likeness (QED) is 0.246. The van der Waals surface area contributed by atoms with Gasteiger partial charge in [-0.3, -0.25) is 4.99 Å². The minimum atomic E-state index is -4.27. The van der Waals surface area contributed by atoms with Crippen molar-refractivity contribution in [2.24, 2.45) is 4.99 Å². The fourth-order valence-electron chi connectivity index (χ4n) is 2.84. The summed E-state index contributed by atoms with van der Waals surface area (Å²) in [7, 11) is 0. The summed E-state index contributed by atoms with van der Waals surface area (Å²) in [5.74, 6) is 1.68. The van der Waals surface area contributed by atoms with Gasteiger partial charge < -0.3 is 19.7 Å². The van der Waals surface area contributed by atoms with Gasteiger partial charge in [0.2, 0.25) is 0 Å². The SMILES string of the molecule is CCNC(=NCCCOCC(F)(F)F)N1CCC(Oc2ccccc2)CC1.I. The van der Waals surface area contributed by atoms with Crippen molar-refractivity contribution in [2.75, 3.05) is 39.4 Å². The Morgan fingerprint density at radius 1 is 1.21 bits per heavy atom. The largest absolute Gasteiger partial charge is 0.490 e. The molecule has 1 heterocycles. The monoisotopic (exact) mass is 515 g/mol. The minimum absolute atomic E-state index is 0. The second-order valence-electron chi connectivity index (χ2n) is 6.37. The average Bonchev–Trinajstić information content (AvgIpc) is 2.64. The van der Waals surface area contributed by atoms with Crippen molar-refractivity contribution >= 4 is 29.9 Å². The fourth-order valence-corrected chi connectivity index (χ4v) is 2.84. The highest BCUT2D eigenvalue weighted by Gasteiger charge is 2.27. The van der Waals surface area contributed by atoms with Gasteiger partial charge in [-0.25, -0.2) is 0 Å². The van der Waals surface area contributed by atoms with E-state index < -0.39 is 12.8 Å². The molecular formula is C19H29F3IN3O2. The van der Waals surface area contributed by atoms with Gasteiger partial charge in [0.1, 0.15) is 18.5 Å². The van der Waals surface area contributed by atoms with Crippen LogP contribution in [0.15, 0.2) is 35.3 Å². The number of halogens is 4. The number of nitrogens with one attached hydrogen (secondary N) is 1. The first-order valence-corrected chi connectivity index (χ1v) is 9.37. The van der Waals surface area contributed by atoms with Crippen molar-refractivity contribution < 1.29 is 22.6 Å². The third-order valence-corrected chi connectivity index (χ3v) is 4.10. The second kappa shape index (κ2) is 13.1. The van der Waals surface area contributed by atoms with Crippen LogP contribution in [0.5, 0.6) is 5.75 Å². The van der Waals surface area contributed by atoms with Gasteiger partial charge in [0.15, 0.2) is 5.96 Å². The molecule has 0 saturated carbocycles. The number of para-hydroxylation sites is 1. The van der Waals surface area contributed by atoms with E-state index in [9.17, 15) is 13.2 Å². The Balaban J connectivity index is 0.00000392. The Morgan fingerprint density at radius 2 is 1.89 bits per heavy atom. The van der Waals surface area contributed by atoms with E-state index in [-0.39, 0.29) is 36.7 Å². The zero-order valence-corrected chi connectivity index (χ0v) is 18.4. The van der Waals surface area contributed by atoms with Crippen molar-refractivity contribution in [3.63, 3.8) is 0 Å². The summed E-state index contributed by atoms with van der Waals surface area (Å²) in [6.07, 6.45) is -1.84. The van der Waals surface area contributed by atoms with Crippen LogP contribution in [0.2, 0.25) is 0 Å². The molecule has 0 spiro atoms. The lowest BCUT2D eigenvalue weighted by Gasteiger charge is -2.34.